The summed E-state index contributed by atoms with van der Waals surface area (Å²) in [7, 11) is -1.48. The lowest BCUT2D eigenvalue weighted by Gasteiger charge is -2.13. The molecule has 21 heavy (non-hydrogen) atoms. The van der Waals surface area contributed by atoms with Crippen LogP contribution in [0.5, 0.6) is 5.88 Å². The number of aromatic nitrogens is 3. The summed E-state index contributed by atoms with van der Waals surface area (Å²) in [5.41, 5.74) is 1.31. The average Bonchev–Trinajstić information content (AvgIpc) is 2.99. The molecule has 0 aromatic carbocycles. The minimum Gasteiger partial charge on any atom is -0.481 e. The monoisotopic (exact) mass is 329 g/mol. The zero-order valence-electron chi connectivity index (χ0n) is 11.6. The van der Waals surface area contributed by atoms with E-state index in [2.05, 4.69) is 9.97 Å². The third-order valence-electron chi connectivity index (χ3n) is 3.82. The van der Waals surface area contributed by atoms with E-state index in [0.717, 1.165) is 0 Å². The third kappa shape index (κ3) is 2.60. The average molecular weight is 330 g/mol. The van der Waals surface area contributed by atoms with Gasteiger partial charge in [0.15, 0.2) is 15.5 Å². The number of halogens is 1. The highest BCUT2D eigenvalue weighted by atomic mass is 35.5. The van der Waals surface area contributed by atoms with Gasteiger partial charge in [0, 0.05) is 12.6 Å². The molecule has 3 heterocycles. The smallest absolute Gasteiger partial charge is 0.215 e. The van der Waals surface area contributed by atoms with E-state index >= 15 is 0 Å². The van der Waals surface area contributed by atoms with Crippen LogP contribution in [0.15, 0.2) is 12.1 Å². The Kier molecular flexibility index (Phi) is 3.79. The third-order valence-corrected chi connectivity index (χ3v) is 6.32. The highest BCUT2D eigenvalue weighted by Gasteiger charge is 2.32. The Labute approximate surface area is 128 Å². The van der Waals surface area contributed by atoms with Crippen molar-refractivity contribution in [2.45, 2.75) is 30.5 Å². The fourth-order valence-electron chi connectivity index (χ4n) is 2.71. The number of fused-ring (bicyclic) bond motifs is 1. The number of rotatable bonds is 4. The Balaban J connectivity index is 2.07. The first-order valence-corrected chi connectivity index (χ1v) is 8.98. The molecular weight excluding hydrogens is 314 g/mol. The van der Waals surface area contributed by atoms with Gasteiger partial charge in [0.05, 0.1) is 24.0 Å². The minimum atomic E-state index is -3.02. The van der Waals surface area contributed by atoms with Crippen LogP contribution in [0.25, 0.3) is 11.2 Å². The van der Waals surface area contributed by atoms with Crippen molar-refractivity contribution in [3.8, 4) is 5.88 Å². The Bertz CT molecular complexity index is 772. The standard InChI is InChI=1S/C13H16ClN3O3S/c1-20-12-5-4-10-13(16-12)17(11(7-14)15-10)8-9-3-2-6-21(9,18)19/h4-5,9H,2-3,6-8H2,1H3. The van der Waals surface area contributed by atoms with E-state index in [1.807, 2.05) is 0 Å². The van der Waals surface area contributed by atoms with Gasteiger partial charge >= 0.3 is 0 Å². The van der Waals surface area contributed by atoms with Crippen LogP contribution in [0.2, 0.25) is 0 Å². The summed E-state index contributed by atoms with van der Waals surface area (Å²) in [4.78, 5) is 8.79. The first-order chi connectivity index (χ1) is 10.0. The Morgan fingerprint density at radius 2 is 2.24 bits per heavy atom. The zero-order valence-corrected chi connectivity index (χ0v) is 13.2. The van der Waals surface area contributed by atoms with Crippen LogP contribution >= 0.6 is 11.6 Å². The van der Waals surface area contributed by atoms with Crippen molar-refractivity contribution in [2.24, 2.45) is 0 Å². The van der Waals surface area contributed by atoms with Crippen molar-refractivity contribution in [1.82, 2.24) is 14.5 Å². The zero-order chi connectivity index (χ0) is 15.0. The van der Waals surface area contributed by atoms with Gasteiger partial charge in [-0.3, -0.25) is 0 Å². The number of nitrogens with zero attached hydrogens (tertiary/aromatic N) is 3. The number of sulfone groups is 1. The summed E-state index contributed by atoms with van der Waals surface area (Å²) in [5.74, 6) is 1.58. The molecule has 1 fully saturated rings. The highest BCUT2D eigenvalue weighted by Crippen LogP contribution is 2.25. The Morgan fingerprint density at radius 3 is 2.86 bits per heavy atom. The van der Waals surface area contributed by atoms with E-state index < -0.39 is 9.84 Å². The van der Waals surface area contributed by atoms with E-state index in [0.29, 0.717) is 42.3 Å². The molecule has 3 rings (SSSR count). The molecule has 2 aromatic heterocycles. The summed E-state index contributed by atoms with van der Waals surface area (Å²) in [6, 6.07) is 3.53. The van der Waals surface area contributed by atoms with Crippen molar-refractivity contribution in [3.05, 3.63) is 18.0 Å². The normalized spacial score (nSPS) is 21.0. The molecule has 0 aliphatic carbocycles. The first-order valence-electron chi connectivity index (χ1n) is 6.73. The topological polar surface area (TPSA) is 74.1 Å². The summed E-state index contributed by atoms with van der Waals surface area (Å²) in [6.07, 6.45) is 1.39. The van der Waals surface area contributed by atoms with Gasteiger partial charge in [-0.25, -0.2) is 13.4 Å². The molecule has 0 radical (unpaired) electrons. The molecule has 6 nitrogen and oxygen atoms in total. The van der Waals surface area contributed by atoms with Gasteiger partial charge in [-0.05, 0) is 18.9 Å². The number of ether oxygens (including phenoxy) is 1. The van der Waals surface area contributed by atoms with Crippen LogP contribution < -0.4 is 4.74 Å². The quantitative estimate of drug-likeness (QED) is 0.799. The van der Waals surface area contributed by atoms with Crippen molar-refractivity contribution in [3.63, 3.8) is 0 Å². The number of alkyl halides is 1. The number of hydrogen-bond donors (Lipinski definition) is 0. The fourth-order valence-corrected chi connectivity index (χ4v) is 4.71. The predicted octanol–water partition coefficient (Wildman–Crippen LogP) is 1.76. The van der Waals surface area contributed by atoms with Crippen LogP contribution in [0.1, 0.15) is 18.7 Å². The van der Waals surface area contributed by atoms with Crippen LogP contribution in [0.3, 0.4) is 0 Å². The van der Waals surface area contributed by atoms with E-state index in [4.69, 9.17) is 16.3 Å². The number of methoxy groups -OCH3 is 1. The second-order valence-corrected chi connectivity index (χ2v) is 7.77. The molecule has 1 aliphatic heterocycles. The van der Waals surface area contributed by atoms with Crippen molar-refractivity contribution >= 4 is 32.6 Å². The van der Waals surface area contributed by atoms with Gasteiger partial charge in [0.25, 0.3) is 0 Å². The number of imidazole rings is 1. The van der Waals surface area contributed by atoms with Crippen molar-refractivity contribution < 1.29 is 13.2 Å². The summed E-state index contributed by atoms with van der Waals surface area (Å²) < 4.78 is 31.0. The maximum absolute atomic E-state index is 12.0. The highest BCUT2D eigenvalue weighted by molar-refractivity contribution is 7.92. The van der Waals surface area contributed by atoms with Crippen LogP contribution in [0, 0.1) is 0 Å². The van der Waals surface area contributed by atoms with E-state index in [1.54, 1.807) is 23.8 Å². The van der Waals surface area contributed by atoms with Gasteiger partial charge in [0.2, 0.25) is 5.88 Å². The molecule has 1 saturated heterocycles. The molecule has 2 aromatic rings. The number of pyridine rings is 1. The number of hydrogen-bond acceptors (Lipinski definition) is 5. The van der Waals surface area contributed by atoms with Crippen molar-refractivity contribution in [1.29, 1.82) is 0 Å². The first kappa shape index (κ1) is 14.6. The lowest BCUT2D eigenvalue weighted by Crippen LogP contribution is -2.23. The maximum Gasteiger partial charge on any atom is 0.215 e. The second kappa shape index (κ2) is 5.46. The van der Waals surface area contributed by atoms with Crippen LogP contribution in [-0.4, -0.2) is 41.1 Å². The lowest BCUT2D eigenvalue weighted by molar-refractivity contribution is 0.399. The molecule has 0 amide bonds. The van der Waals surface area contributed by atoms with E-state index in [-0.39, 0.29) is 16.9 Å². The van der Waals surface area contributed by atoms with Gasteiger partial charge in [-0.1, -0.05) is 0 Å². The largest absolute Gasteiger partial charge is 0.481 e. The van der Waals surface area contributed by atoms with Gasteiger partial charge < -0.3 is 9.30 Å². The van der Waals surface area contributed by atoms with E-state index in [1.165, 1.54) is 0 Å². The SMILES string of the molecule is COc1ccc2nc(CCl)n(CC3CCCS3(=O)=O)c2n1. The minimum absolute atomic E-state index is 0.214. The van der Waals surface area contributed by atoms with Gasteiger partial charge in [-0.2, -0.15) is 4.98 Å². The van der Waals surface area contributed by atoms with Crippen LogP contribution in [0.4, 0.5) is 0 Å². The Morgan fingerprint density at radius 1 is 1.43 bits per heavy atom. The van der Waals surface area contributed by atoms with Gasteiger partial charge in [-0.15, -0.1) is 11.6 Å². The predicted molar refractivity (Wildman–Crippen MR) is 80.4 cm³/mol. The molecule has 1 aliphatic rings. The molecule has 0 spiro atoms. The maximum atomic E-state index is 12.0. The molecule has 1 atom stereocenters. The molecule has 1 unspecified atom stereocenters. The second-order valence-electron chi connectivity index (χ2n) is 5.10. The lowest BCUT2D eigenvalue weighted by atomic mass is 10.2. The molecule has 0 saturated carbocycles. The molecule has 0 bridgehead atoms. The fraction of sp³-hybridized carbons (Fsp3) is 0.538. The van der Waals surface area contributed by atoms with Gasteiger partial charge in [0.1, 0.15) is 11.3 Å². The summed E-state index contributed by atoms with van der Waals surface area (Å²) in [5, 5.41) is -0.384. The molecule has 114 valence electrons. The molecule has 8 heteroatoms. The molecule has 0 N–H and O–H groups in total. The summed E-state index contributed by atoms with van der Waals surface area (Å²) >= 11 is 5.94. The summed E-state index contributed by atoms with van der Waals surface area (Å²) in [6.45, 7) is 0.348. The molecular formula is C13H16ClN3O3S. The van der Waals surface area contributed by atoms with Crippen LogP contribution in [-0.2, 0) is 22.3 Å². The van der Waals surface area contributed by atoms with E-state index in [9.17, 15) is 8.42 Å². The Hall–Kier alpha value is -1.34. The van der Waals surface area contributed by atoms with Crippen molar-refractivity contribution in [2.75, 3.05) is 12.9 Å².